The number of rotatable bonds is 4. The third kappa shape index (κ3) is 5.03. The maximum Gasteiger partial charge on any atom is 0.167 e. The van der Waals surface area contributed by atoms with E-state index in [4.69, 9.17) is 23.8 Å². The standard InChI is InChI=1S/C57H32N4O2/c1-2-14-34(15-3-1)55-58-56(37-26-28-51-46(30-37)40-20-10-11-24-50(40)62-51)60-57(59-55)44-23-12-22-43-47-32-49(39-19-8-9-21-42(39)54(47)63-53(43)44)61-48-31-36-17-5-4-16-35(36)29-45(48)41-27-25-33-13-6-7-18-38(33)52(41)61/h1-32H. The van der Waals surface area contributed by atoms with E-state index in [0.717, 1.165) is 82.5 Å². The fraction of sp³-hybridized carbons (Fsp3) is 0. The van der Waals surface area contributed by atoms with Crippen LogP contribution in [-0.2, 0) is 0 Å². The molecule has 0 fully saturated rings. The highest BCUT2D eigenvalue weighted by Gasteiger charge is 2.23. The van der Waals surface area contributed by atoms with Crippen LogP contribution in [0.4, 0.5) is 0 Å². The number of para-hydroxylation sites is 2. The summed E-state index contributed by atoms with van der Waals surface area (Å²) in [4.78, 5) is 15.5. The maximum atomic E-state index is 7.09. The number of furan rings is 2. The number of fused-ring (bicyclic) bond motifs is 14. The van der Waals surface area contributed by atoms with Crippen molar-refractivity contribution in [3.63, 3.8) is 0 Å². The average molecular weight is 805 g/mol. The van der Waals surface area contributed by atoms with E-state index in [-0.39, 0.29) is 0 Å². The van der Waals surface area contributed by atoms with Crippen molar-refractivity contribution in [1.29, 1.82) is 0 Å². The van der Waals surface area contributed by atoms with Crippen LogP contribution in [-0.4, -0.2) is 19.5 Å². The second-order valence-corrected chi connectivity index (χ2v) is 16.3. The maximum absolute atomic E-state index is 7.09. The SMILES string of the molecule is c1ccc(-c2nc(-c3ccc4oc5ccccc5c4c3)nc(-c3cccc4c3oc3c5ccccc5c(-n5c6cc7ccccc7cc6c6ccc7ccccc7c65)cc43)n2)cc1. The Bertz CT molecular complexity index is 4220. The van der Waals surface area contributed by atoms with Crippen LogP contribution < -0.4 is 0 Å². The Morgan fingerprint density at radius 2 is 0.984 bits per heavy atom. The number of benzene rings is 10. The van der Waals surface area contributed by atoms with E-state index in [0.29, 0.717) is 17.5 Å². The summed E-state index contributed by atoms with van der Waals surface area (Å²) in [5.74, 6) is 1.68. The predicted molar refractivity (Wildman–Crippen MR) is 258 cm³/mol. The Balaban J connectivity index is 1.04. The monoisotopic (exact) mass is 804 g/mol. The van der Waals surface area contributed by atoms with E-state index in [2.05, 4.69) is 138 Å². The topological polar surface area (TPSA) is 69.9 Å². The first-order chi connectivity index (χ1) is 31.2. The van der Waals surface area contributed by atoms with Gasteiger partial charge in [-0.3, -0.25) is 0 Å². The number of aromatic nitrogens is 4. The minimum Gasteiger partial charge on any atom is -0.456 e. The van der Waals surface area contributed by atoms with Crippen LogP contribution in [0, 0.1) is 0 Å². The zero-order chi connectivity index (χ0) is 41.2. The van der Waals surface area contributed by atoms with Gasteiger partial charge in [-0.05, 0) is 64.7 Å². The molecule has 63 heavy (non-hydrogen) atoms. The van der Waals surface area contributed by atoms with Crippen LogP contribution in [0.1, 0.15) is 0 Å². The Morgan fingerprint density at radius 1 is 0.333 bits per heavy atom. The molecule has 0 saturated heterocycles. The van der Waals surface area contributed by atoms with Crippen molar-refractivity contribution in [2.75, 3.05) is 0 Å². The lowest BCUT2D eigenvalue weighted by atomic mass is 10.0. The lowest BCUT2D eigenvalue weighted by Gasteiger charge is -2.14. The van der Waals surface area contributed by atoms with Crippen molar-refractivity contribution in [3.05, 3.63) is 194 Å². The highest BCUT2D eigenvalue weighted by molar-refractivity contribution is 6.24. The highest BCUT2D eigenvalue weighted by atomic mass is 16.3. The van der Waals surface area contributed by atoms with E-state index >= 15 is 0 Å². The summed E-state index contributed by atoms with van der Waals surface area (Å²) >= 11 is 0. The molecule has 0 aliphatic carbocycles. The van der Waals surface area contributed by atoms with Gasteiger partial charge < -0.3 is 13.4 Å². The van der Waals surface area contributed by atoms with Crippen molar-refractivity contribution >= 4 is 98.0 Å². The molecule has 0 spiro atoms. The summed E-state index contributed by atoms with van der Waals surface area (Å²) in [6.07, 6.45) is 0. The number of hydrogen-bond donors (Lipinski definition) is 0. The molecular formula is C57H32N4O2. The number of hydrogen-bond acceptors (Lipinski definition) is 5. The van der Waals surface area contributed by atoms with Gasteiger partial charge >= 0.3 is 0 Å². The van der Waals surface area contributed by atoms with Gasteiger partial charge in [-0.15, -0.1) is 0 Å². The molecule has 4 heterocycles. The van der Waals surface area contributed by atoms with Crippen molar-refractivity contribution in [2.45, 2.75) is 0 Å². The second-order valence-electron chi connectivity index (χ2n) is 16.3. The summed E-state index contributed by atoms with van der Waals surface area (Å²) in [6, 6.07) is 68.1. The molecule has 0 unspecified atom stereocenters. The van der Waals surface area contributed by atoms with Gasteiger partial charge in [0.15, 0.2) is 17.5 Å². The zero-order valence-electron chi connectivity index (χ0n) is 33.6. The van der Waals surface area contributed by atoms with E-state index in [1.54, 1.807) is 0 Å². The summed E-state index contributed by atoms with van der Waals surface area (Å²) in [5.41, 5.74) is 9.20. The molecule has 0 saturated carbocycles. The van der Waals surface area contributed by atoms with Crippen LogP contribution in [0.5, 0.6) is 0 Å². The molecule has 0 amide bonds. The molecule has 292 valence electrons. The van der Waals surface area contributed by atoms with Crippen LogP contribution in [0.25, 0.3) is 138 Å². The van der Waals surface area contributed by atoms with Gasteiger partial charge in [0.05, 0.1) is 22.3 Å². The Hall–Kier alpha value is -8.61. The molecule has 6 heteroatoms. The highest BCUT2D eigenvalue weighted by Crippen LogP contribution is 2.45. The second kappa shape index (κ2) is 12.9. The summed E-state index contributed by atoms with van der Waals surface area (Å²) in [5, 5.41) is 13.5. The molecule has 0 aliphatic rings. The van der Waals surface area contributed by atoms with Gasteiger partial charge in [0.2, 0.25) is 0 Å². The largest absolute Gasteiger partial charge is 0.456 e. The van der Waals surface area contributed by atoms with Crippen LogP contribution >= 0.6 is 0 Å². The molecule has 0 aliphatic heterocycles. The lowest BCUT2D eigenvalue weighted by Crippen LogP contribution is -2.00. The Morgan fingerprint density at radius 3 is 1.84 bits per heavy atom. The molecule has 10 aromatic carbocycles. The van der Waals surface area contributed by atoms with E-state index in [1.807, 2.05) is 60.7 Å². The van der Waals surface area contributed by atoms with Gasteiger partial charge in [0, 0.05) is 59.6 Å². The molecule has 6 nitrogen and oxygen atoms in total. The van der Waals surface area contributed by atoms with Gasteiger partial charge in [0.1, 0.15) is 22.3 Å². The molecule has 4 aromatic heterocycles. The normalized spacial score (nSPS) is 12.1. The quantitative estimate of drug-likeness (QED) is 0.177. The smallest absolute Gasteiger partial charge is 0.167 e. The number of nitrogens with zero attached hydrogens (tertiary/aromatic N) is 4. The average Bonchev–Trinajstić information content (AvgIpc) is 4.02. The molecule has 0 bridgehead atoms. The van der Waals surface area contributed by atoms with Gasteiger partial charge in [-0.1, -0.05) is 146 Å². The van der Waals surface area contributed by atoms with Crippen molar-refractivity contribution in [3.8, 4) is 39.9 Å². The molecular weight excluding hydrogens is 773 g/mol. The minimum absolute atomic E-state index is 0.533. The van der Waals surface area contributed by atoms with Crippen molar-refractivity contribution < 1.29 is 8.83 Å². The molecule has 0 radical (unpaired) electrons. The lowest BCUT2D eigenvalue weighted by molar-refractivity contribution is 0.669. The molecule has 0 atom stereocenters. The third-order valence-corrected chi connectivity index (χ3v) is 12.8. The Kier molecular flexibility index (Phi) is 7.02. The van der Waals surface area contributed by atoms with E-state index in [9.17, 15) is 0 Å². The van der Waals surface area contributed by atoms with Gasteiger partial charge in [0.25, 0.3) is 0 Å². The first-order valence-corrected chi connectivity index (χ1v) is 21.2. The van der Waals surface area contributed by atoms with Crippen LogP contribution in [0.15, 0.2) is 203 Å². The van der Waals surface area contributed by atoms with Crippen molar-refractivity contribution in [2.24, 2.45) is 0 Å². The summed E-state index contributed by atoms with van der Waals surface area (Å²) in [6.45, 7) is 0. The van der Waals surface area contributed by atoms with E-state index < -0.39 is 0 Å². The predicted octanol–water partition coefficient (Wildman–Crippen LogP) is 15.2. The molecule has 14 rings (SSSR count). The van der Waals surface area contributed by atoms with Gasteiger partial charge in [-0.25, -0.2) is 15.0 Å². The zero-order valence-corrected chi connectivity index (χ0v) is 33.6. The fourth-order valence-electron chi connectivity index (χ4n) is 9.88. The molecule has 0 N–H and O–H groups in total. The van der Waals surface area contributed by atoms with E-state index in [1.165, 1.54) is 37.8 Å². The first kappa shape index (κ1) is 34.1. The Labute approximate surface area is 358 Å². The van der Waals surface area contributed by atoms with Gasteiger partial charge in [-0.2, -0.15) is 0 Å². The summed E-state index contributed by atoms with van der Waals surface area (Å²) < 4.78 is 15.8. The minimum atomic E-state index is 0.533. The summed E-state index contributed by atoms with van der Waals surface area (Å²) in [7, 11) is 0. The van der Waals surface area contributed by atoms with Crippen LogP contribution in [0.2, 0.25) is 0 Å². The fourth-order valence-corrected chi connectivity index (χ4v) is 9.88. The first-order valence-electron chi connectivity index (χ1n) is 21.2. The third-order valence-electron chi connectivity index (χ3n) is 12.8. The van der Waals surface area contributed by atoms with Crippen LogP contribution in [0.3, 0.4) is 0 Å². The van der Waals surface area contributed by atoms with Crippen molar-refractivity contribution in [1.82, 2.24) is 19.5 Å². The molecule has 14 aromatic rings.